The number of amides is 1. The largest absolute Gasteiger partial charge is 0.378 e. The summed E-state index contributed by atoms with van der Waals surface area (Å²) in [5, 5.41) is 14.2. The minimum Gasteiger partial charge on any atom is -0.378 e. The van der Waals surface area contributed by atoms with Crippen molar-refractivity contribution in [1.82, 2.24) is 9.97 Å². The molecule has 0 unspecified atom stereocenters. The molecule has 0 spiro atoms. The molecule has 1 aliphatic heterocycles. The van der Waals surface area contributed by atoms with Gasteiger partial charge in [0.1, 0.15) is 11.6 Å². The van der Waals surface area contributed by atoms with Crippen molar-refractivity contribution in [3.8, 4) is 6.07 Å². The minimum atomic E-state index is -0.471. The number of nitrogens with one attached hydrogen (secondary N) is 1. The molecule has 1 aliphatic rings. The lowest BCUT2D eigenvalue weighted by Gasteiger charge is -2.26. The van der Waals surface area contributed by atoms with Gasteiger partial charge in [0.05, 0.1) is 13.2 Å². The molecule has 1 amide bonds. The van der Waals surface area contributed by atoms with Crippen molar-refractivity contribution in [1.29, 1.82) is 5.26 Å². The first-order chi connectivity index (χ1) is 14.2. The highest BCUT2D eigenvalue weighted by molar-refractivity contribution is 6.12. The summed E-state index contributed by atoms with van der Waals surface area (Å²) in [6.07, 6.45) is 4.71. The molecule has 29 heavy (non-hydrogen) atoms. The summed E-state index contributed by atoms with van der Waals surface area (Å²) < 4.78 is 5.33. The number of carbonyl (C=O) groups is 1. The number of carbonyl (C=O) groups excluding carboxylic acids is 1. The van der Waals surface area contributed by atoms with Crippen molar-refractivity contribution in [2.75, 3.05) is 36.5 Å². The number of rotatable bonds is 4. The summed E-state index contributed by atoms with van der Waals surface area (Å²) in [4.78, 5) is 23.4. The van der Waals surface area contributed by atoms with Crippen LogP contribution in [0.3, 0.4) is 0 Å². The van der Waals surface area contributed by atoms with Gasteiger partial charge in [-0.3, -0.25) is 4.79 Å². The van der Waals surface area contributed by atoms with Crippen LogP contribution in [0, 0.1) is 11.3 Å². The monoisotopic (exact) mass is 385 g/mol. The Morgan fingerprint density at radius 2 is 1.83 bits per heavy atom. The van der Waals surface area contributed by atoms with E-state index >= 15 is 0 Å². The van der Waals surface area contributed by atoms with Gasteiger partial charge in [0.15, 0.2) is 0 Å². The van der Waals surface area contributed by atoms with Gasteiger partial charge in [0.25, 0.3) is 5.91 Å². The SMILES string of the molecule is N#C/C(=C\c1cnc(N2CCOCC2)nc1)C(=O)Nc1cccc2ccccc12. The topological polar surface area (TPSA) is 91.1 Å². The van der Waals surface area contributed by atoms with E-state index in [-0.39, 0.29) is 5.57 Å². The van der Waals surface area contributed by atoms with Gasteiger partial charge in [-0.05, 0) is 17.5 Å². The highest BCUT2D eigenvalue weighted by Gasteiger charge is 2.14. The number of aromatic nitrogens is 2. The first-order valence-electron chi connectivity index (χ1n) is 9.30. The van der Waals surface area contributed by atoms with Gasteiger partial charge in [-0.15, -0.1) is 0 Å². The molecule has 1 fully saturated rings. The highest BCUT2D eigenvalue weighted by atomic mass is 16.5. The molecule has 0 aliphatic carbocycles. The van der Waals surface area contributed by atoms with Crippen molar-refractivity contribution >= 4 is 34.4 Å². The standard InChI is InChI=1S/C22H19N5O2/c23-13-18(12-16-14-24-22(25-15-16)27-8-10-29-11-9-27)21(28)26-20-7-3-5-17-4-1-2-6-19(17)20/h1-7,12,14-15H,8-11H2,(H,26,28)/b18-12+. The number of benzene rings is 2. The van der Waals surface area contributed by atoms with Gasteiger partial charge in [-0.1, -0.05) is 36.4 Å². The first kappa shape index (κ1) is 18.6. The molecule has 0 radical (unpaired) electrons. The third kappa shape index (κ3) is 4.23. The Morgan fingerprint density at radius 3 is 2.59 bits per heavy atom. The average molecular weight is 385 g/mol. The van der Waals surface area contributed by atoms with Crippen molar-refractivity contribution in [3.63, 3.8) is 0 Å². The van der Waals surface area contributed by atoms with E-state index in [0.717, 1.165) is 23.9 Å². The Bertz CT molecular complexity index is 1090. The van der Waals surface area contributed by atoms with E-state index in [9.17, 15) is 10.1 Å². The normalized spacial score (nSPS) is 14.4. The second-order valence-electron chi connectivity index (χ2n) is 6.57. The van der Waals surface area contributed by atoms with E-state index in [1.807, 2.05) is 53.4 Å². The Labute approximate surface area is 168 Å². The summed E-state index contributed by atoms with van der Waals surface area (Å²) in [7, 11) is 0. The van der Waals surface area contributed by atoms with Crippen LogP contribution in [-0.4, -0.2) is 42.2 Å². The van der Waals surface area contributed by atoms with Gasteiger partial charge < -0.3 is 15.0 Å². The fourth-order valence-corrected chi connectivity index (χ4v) is 3.17. The number of nitrogens with zero attached hydrogens (tertiary/aromatic N) is 4. The van der Waals surface area contributed by atoms with Crippen LogP contribution in [0.2, 0.25) is 0 Å². The molecule has 0 bridgehead atoms. The van der Waals surface area contributed by atoms with Gasteiger partial charge in [0.2, 0.25) is 5.95 Å². The van der Waals surface area contributed by atoms with Crippen molar-refractivity contribution < 1.29 is 9.53 Å². The number of morpholine rings is 1. The Hall–Kier alpha value is -3.76. The zero-order valence-electron chi connectivity index (χ0n) is 15.7. The summed E-state index contributed by atoms with van der Waals surface area (Å²) in [6.45, 7) is 2.79. The van der Waals surface area contributed by atoms with Crippen LogP contribution in [0.4, 0.5) is 11.6 Å². The highest BCUT2D eigenvalue weighted by Crippen LogP contribution is 2.23. The van der Waals surface area contributed by atoms with E-state index in [1.54, 1.807) is 12.4 Å². The number of hydrogen-bond donors (Lipinski definition) is 1. The molecule has 7 nitrogen and oxygen atoms in total. The maximum Gasteiger partial charge on any atom is 0.266 e. The molecular formula is C22H19N5O2. The predicted octanol–water partition coefficient (Wildman–Crippen LogP) is 3.01. The summed E-state index contributed by atoms with van der Waals surface area (Å²) >= 11 is 0. The molecule has 2 aromatic carbocycles. The molecule has 1 saturated heterocycles. The van der Waals surface area contributed by atoms with Gasteiger partial charge in [-0.25, -0.2) is 9.97 Å². The Morgan fingerprint density at radius 1 is 1.10 bits per heavy atom. The smallest absolute Gasteiger partial charge is 0.266 e. The second-order valence-corrected chi connectivity index (χ2v) is 6.57. The molecule has 4 rings (SSSR count). The lowest BCUT2D eigenvalue weighted by molar-refractivity contribution is -0.112. The van der Waals surface area contributed by atoms with Crippen LogP contribution < -0.4 is 10.2 Å². The molecule has 3 aromatic rings. The molecule has 0 saturated carbocycles. The van der Waals surface area contributed by atoms with Crippen LogP contribution in [0.5, 0.6) is 0 Å². The quantitative estimate of drug-likeness (QED) is 0.548. The van der Waals surface area contributed by atoms with Crippen LogP contribution in [0.1, 0.15) is 5.56 Å². The van der Waals surface area contributed by atoms with Crippen LogP contribution in [-0.2, 0) is 9.53 Å². The molecule has 144 valence electrons. The predicted molar refractivity (Wildman–Crippen MR) is 111 cm³/mol. The number of ether oxygens (including phenoxy) is 1. The maximum absolute atomic E-state index is 12.6. The summed E-state index contributed by atoms with van der Waals surface area (Å²) in [5.74, 6) is 0.144. The molecule has 0 atom stereocenters. The molecule has 2 heterocycles. The first-order valence-corrected chi connectivity index (χ1v) is 9.30. The van der Waals surface area contributed by atoms with Crippen molar-refractivity contribution in [2.24, 2.45) is 0 Å². The third-order valence-corrected chi connectivity index (χ3v) is 4.67. The van der Waals surface area contributed by atoms with Crippen LogP contribution in [0.15, 0.2) is 60.4 Å². The molecular weight excluding hydrogens is 366 g/mol. The molecule has 7 heteroatoms. The van der Waals surface area contributed by atoms with E-state index in [2.05, 4.69) is 15.3 Å². The average Bonchev–Trinajstić information content (AvgIpc) is 2.78. The minimum absolute atomic E-state index is 0.0133. The fraction of sp³-hybridized carbons (Fsp3) is 0.182. The Balaban J connectivity index is 1.52. The van der Waals surface area contributed by atoms with E-state index in [0.29, 0.717) is 30.4 Å². The lowest BCUT2D eigenvalue weighted by atomic mass is 10.1. The zero-order chi connectivity index (χ0) is 20.1. The number of fused-ring (bicyclic) bond motifs is 1. The number of hydrogen-bond acceptors (Lipinski definition) is 6. The Kier molecular flexibility index (Phi) is 5.45. The lowest BCUT2D eigenvalue weighted by Crippen LogP contribution is -2.37. The van der Waals surface area contributed by atoms with Gasteiger partial charge >= 0.3 is 0 Å². The maximum atomic E-state index is 12.6. The van der Waals surface area contributed by atoms with Gasteiger partial charge in [0, 0.05) is 42.1 Å². The van der Waals surface area contributed by atoms with Crippen molar-refractivity contribution in [2.45, 2.75) is 0 Å². The van der Waals surface area contributed by atoms with E-state index in [4.69, 9.17) is 4.74 Å². The number of anilines is 2. The van der Waals surface area contributed by atoms with Crippen LogP contribution in [0.25, 0.3) is 16.8 Å². The van der Waals surface area contributed by atoms with Gasteiger partial charge in [-0.2, -0.15) is 5.26 Å². The van der Waals surface area contributed by atoms with E-state index < -0.39 is 5.91 Å². The second kappa shape index (κ2) is 8.50. The summed E-state index contributed by atoms with van der Waals surface area (Å²) in [5.41, 5.74) is 1.24. The van der Waals surface area contributed by atoms with Crippen molar-refractivity contribution in [3.05, 3.63) is 66.0 Å². The fourth-order valence-electron chi connectivity index (χ4n) is 3.17. The molecule has 1 N–H and O–H groups in total. The van der Waals surface area contributed by atoms with E-state index in [1.165, 1.54) is 6.08 Å². The van der Waals surface area contributed by atoms with Crippen LogP contribution >= 0.6 is 0 Å². The third-order valence-electron chi connectivity index (χ3n) is 4.67. The number of nitriles is 1. The molecule has 1 aromatic heterocycles. The zero-order valence-corrected chi connectivity index (χ0v) is 15.7. The summed E-state index contributed by atoms with van der Waals surface area (Å²) in [6, 6.07) is 15.4.